The van der Waals surface area contributed by atoms with Crippen LogP contribution in [-0.2, 0) is 6.42 Å². The van der Waals surface area contributed by atoms with Gasteiger partial charge in [0.15, 0.2) is 17.3 Å². The van der Waals surface area contributed by atoms with Crippen molar-refractivity contribution in [1.29, 1.82) is 0 Å². The van der Waals surface area contributed by atoms with Gasteiger partial charge in [0.2, 0.25) is 0 Å². The van der Waals surface area contributed by atoms with Crippen LogP contribution in [-0.4, -0.2) is 12.9 Å². The summed E-state index contributed by atoms with van der Waals surface area (Å²) in [6, 6.07) is 8.61. The number of hydrogen-bond acceptors (Lipinski definition) is 2. The van der Waals surface area contributed by atoms with Gasteiger partial charge >= 0.3 is 0 Å². The maximum absolute atomic E-state index is 14.0. The second kappa shape index (κ2) is 5.82. The Labute approximate surface area is 116 Å². The second-order valence-corrected chi connectivity index (χ2v) is 4.49. The zero-order valence-electron chi connectivity index (χ0n) is 11.2. The summed E-state index contributed by atoms with van der Waals surface area (Å²) < 4.78 is 32.0. The second-order valence-electron chi connectivity index (χ2n) is 4.49. The van der Waals surface area contributed by atoms with Crippen molar-refractivity contribution >= 4 is 5.78 Å². The Morgan fingerprint density at radius 3 is 2.65 bits per heavy atom. The van der Waals surface area contributed by atoms with E-state index in [1.807, 2.05) is 0 Å². The fraction of sp³-hybridized carbons (Fsp3) is 0.188. The lowest BCUT2D eigenvalue weighted by atomic mass is 9.98. The third kappa shape index (κ3) is 2.85. The number of ether oxygens (including phenoxy) is 1. The molecule has 0 bridgehead atoms. The number of halogens is 2. The Hall–Kier alpha value is -2.23. The number of hydrogen-bond donors (Lipinski definition) is 0. The molecule has 2 nitrogen and oxygen atoms in total. The van der Waals surface area contributed by atoms with Gasteiger partial charge in [-0.3, -0.25) is 4.79 Å². The highest BCUT2D eigenvalue weighted by Gasteiger charge is 2.15. The van der Waals surface area contributed by atoms with Crippen LogP contribution in [0.2, 0.25) is 0 Å². The first-order chi connectivity index (χ1) is 9.52. The van der Waals surface area contributed by atoms with Crippen molar-refractivity contribution in [2.75, 3.05) is 7.11 Å². The molecule has 0 heterocycles. The van der Waals surface area contributed by atoms with Crippen LogP contribution in [0.1, 0.15) is 21.5 Å². The fourth-order valence-electron chi connectivity index (χ4n) is 2.01. The normalized spacial score (nSPS) is 10.4. The molecule has 0 saturated carbocycles. The molecule has 0 fully saturated rings. The van der Waals surface area contributed by atoms with Crippen LogP contribution < -0.4 is 4.74 Å². The summed E-state index contributed by atoms with van der Waals surface area (Å²) in [5, 5.41) is 0. The Bertz CT molecular complexity index is 651. The lowest BCUT2D eigenvalue weighted by Crippen LogP contribution is -2.08. The van der Waals surface area contributed by atoms with E-state index in [0.29, 0.717) is 5.56 Å². The molecule has 0 aliphatic heterocycles. The van der Waals surface area contributed by atoms with Crippen LogP contribution in [0.4, 0.5) is 8.78 Å². The van der Waals surface area contributed by atoms with Gasteiger partial charge in [-0.2, -0.15) is 0 Å². The molecule has 4 heteroatoms. The van der Waals surface area contributed by atoms with Gasteiger partial charge in [0.25, 0.3) is 0 Å². The quantitative estimate of drug-likeness (QED) is 0.796. The third-order valence-corrected chi connectivity index (χ3v) is 3.11. The molecule has 0 unspecified atom stereocenters. The third-order valence-electron chi connectivity index (χ3n) is 3.11. The van der Waals surface area contributed by atoms with Gasteiger partial charge in [-0.25, -0.2) is 8.78 Å². The molecule has 0 aliphatic rings. The van der Waals surface area contributed by atoms with E-state index in [1.54, 1.807) is 13.0 Å². The summed E-state index contributed by atoms with van der Waals surface area (Å²) in [6.45, 7) is 1.72. The number of rotatable bonds is 4. The largest absolute Gasteiger partial charge is 0.494 e. The van der Waals surface area contributed by atoms with Crippen molar-refractivity contribution in [1.82, 2.24) is 0 Å². The van der Waals surface area contributed by atoms with Crippen molar-refractivity contribution < 1.29 is 18.3 Å². The van der Waals surface area contributed by atoms with E-state index in [4.69, 9.17) is 4.74 Å². The zero-order valence-corrected chi connectivity index (χ0v) is 11.2. The van der Waals surface area contributed by atoms with Crippen molar-refractivity contribution in [3.63, 3.8) is 0 Å². The SMILES string of the molecule is COc1cccc(CC(=O)c2cc(F)ccc2C)c1F. The van der Waals surface area contributed by atoms with E-state index in [0.717, 1.165) is 0 Å². The first-order valence-corrected chi connectivity index (χ1v) is 6.13. The minimum absolute atomic E-state index is 0.0891. The average Bonchev–Trinajstić information content (AvgIpc) is 2.43. The van der Waals surface area contributed by atoms with Crippen LogP contribution in [0.25, 0.3) is 0 Å². The Balaban J connectivity index is 2.30. The first kappa shape index (κ1) is 14.2. The summed E-state index contributed by atoms with van der Waals surface area (Å²) in [6.07, 6.45) is -0.132. The molecule has 0 atom stereocenters. The molecule has 0 radical (unpaired) electrons. The van der Waals surface area contributed by atoms with Crippen molar-refractivity contribution in [3.05, 3.63) is 64.7 Å². The predicted octanol–water partition coefficient (Wildman–Crippen LogP) is 3.71. The molecular formula is C16H14F2O2. The number of benzene rings is 2. The Kier molecular flexibility index (Phi) is 4.13. The van der Waals surface area contributed by atoms with E-state index in [-0.39, 0.29) is 29.1 Å². The number of aryl methyl sites for hydroxylation is 1. The highest BCUT2D eigenvalue weighted by atomic mass is 19.1. The van der Waals surface area contributed by atoms with Gasteiger partial charge in [0.1, 0.15) is 5.82 Å². The highest BCUT2D eigenvalue weighted by Crippen LogP contribution is 2.22. The molecule has 0 saturated heterocycles. The molecule has 2 rings (SSSR count). The molecule has 20 heavy (non-hydrogen) atoms. The van der Waals surface area contributed by atoms with Crippen LogP contribution in [0.15, 0.2) is 36.4 Å². The number of carbonyl (C=O) groups excluding carboxylic acids is 1. The summed E-state index contributed by atoms with van der Waals surface area (Å²) in [7, 11) is 1.36. The number of methoxy groups -OCH3 is 1. The molecule has 0 aromatic heterocycles. The monoisotopic (exact) mass is 276 g/mol. The predicted molar refractivity (Wildman–Crippen MR) is 72.1 cm³/mol. The number of carbonyl (C=O) groups is 1. The minimum Gasteiger partial charge on any atom is -0.494 e. The van der Waals surface area contributed by atoms with E-state index >= 15 is 0 Å². The highest BCUT2D eigenvalue weighted by molar-refractivity contribution is 5.98. The smallest absolute Gasteiger partial charge is 0.168 e. The Morgan fingerprint density at radius 2 is 1.95 bits per heavy atom. The van der Waals surface area contributed by atoms with E-state index in [1.165, 1.54) is 37.4 Å². The van der Waals surface area contributed by atoms with Crippen LogP contribution >= 0.6 is 0 Å². The molecule has 0 aliphatic carbocycles. The van der Waals surface area contributed by atoms with Gasteiger partial charge in [-0.1, -0.05) is 18.2 Å². The van der Waals surface area contributed by atoms with Gasteiger partial charge in [0.05, 0.1) is 7.11 Å². The van der Waals surface area contributed by atoms with Gasteiger partial charge < -0.3 is 4.74 Å². The van der Waals surface area contributed by atoms with E-state index in [2.05, 4.69) is 0 Å². The maximum atomic E-state index is 14.0. The number of Topliss-reactive ketones (excluding diaryl/α,β-unsaturated/α-hetero) is 1. The summed E-state index contributed by atoms with van der Waals surface area (Å²) in [5.41, 5.74) is 1.17. The minimum atomic E-state index is -0.558. The molecule has 2 aromatic carbocycles. The van der Waals surface area contributed by atoms with E-state index in [9.17, 15) is 13.6 Å². The molecule has 0 N–H and O–H groups in total. The van der Waals surface area contributed by atoms with Crippen molar-refractivity contribution in [3.8, 4) is 5.75 Å². The Morgan fingerprint density at radius 1 is 1.20 bits per heavy atom. The lowest BCUT2D eigenvalue weighted by molar-refractivity contribution is 0.0990. The molecule has 0 amide bonds. The maximum Gasteiger partial charge on any atom is 0.168 e. The zero-order chi connectivity index (χ0) is 14.7. The molecule has 2 aromatic rings. The fourth-order valence-corrected chi connectivity index (χ4v) is 2.01. The lowest BCUT2D eigenvalue weighted by Gasteiger charge is -2.08. The molecule has 104 valence electrons. The first-order valence-electron chi connectivity index (χ1n) is 6.13. The van der Waals surface area contributed by atoms with Gasteiger partial charge in [-0.15, -0.1) is 0 Å². The summed E-state index contributed by atoms with van der Waals surface area (Å²) >= 11 is 0. The summed E-state index contributed by atoms with van der Waals surface area (Å²) in [4.78, 5) is 12.2. The van der Waals surface area contributed by atoms with Gasteiger partial charge in [0, 0.05) is 12.0 Å². The topological polar surface area (TPSA) is 26.3 Å². The van der Waals surface area contributed by atoms with Crippen molar-refractivity contribution in [2.45, 2.75) is 13.3 Å². The molecule has 0 spiro atoms. The van der Waals surface area contributed by atoms with Crippen molar-refractivity contribution in [2.24, 2.45) is 0 Å². The average molecular weight is 276 g/mol. The van der Waals surface area contributed by atoms with Crippen LogP contribution in [0.3, 0.4) is 0 Å². The molecular weight excluding hydrogens is 262 g/mol. The summed E-state index contributed by atoms with van der Waals surface area (Å²) in [5.74, 6) is -1.28. The van der Waals surface area contributed by atoms with E-state index < -0.39 is 11.6 Å². The van der Waals surface area contributed by atoms with Crippen LogP contribution in [0, 0.1) is 18.6 Å². The standard InChI is InChI=1S/C16H14F2O2/c1-10-6-7-12(17)9-13(10)14(19)8-11-4-3-5-15(20-2)16(11)18/h3-7,9H,8H2,1-2H3. The van der Waals surface area contributed by atoms with Crippen LogP contribution in [0.5, 0.6) is 5.75 Å². The van der Waals surface area contributed by atoms with Gasteiger partial charge in [-0.05, 0) is 36.2 Å². The number of ketones is 1.